The van der Waals surface area contributed by atoms with Gasteiger partial charge in [-0.2, -0.15) is 0 Å². The SMILES string of the molecule is C/C(=C1/CN2CCC1CC2CO)c1ccnc2ccc(OCCO)cc12. The van der Waals surface area contributed by atoms with Gasteiger partial charge in [-0.15, -0.1) is 0 Å². The first-order valence-electron chi connectivity index (χ1n) is 9.38. The van der Waals surface area contributed by atoms with E-state index in [1.54, 1.807) is 0 Å². The first kappa shape index (κ1) is 17.5. The maximum Gasteiger partial charge on any atom is 0.120 e. The van der Waals surface area contributed by atoms with Crippen molar-refractivity contribution in [2.75, 3.05) is 32.9 Å². The van der Waals surface area contributed by atoms with E-state index in [-0.39, 0.29) is 13.2 Å². The molecule has 4 heterocycles. The highest BCUT2D eigenvalue weighted by Gasteiger charge is 2.37. The Kier molecular flexibility index (Phi) is 4.94. The van der Waals surface area contributed by atoms with Gasteiger partial charge in [0.15, 0.2) is 0 Å². The Balaban J connectivity index is 1.74. The summed E-state index contributed by atoms with van der Waals surface area (Å²) in [5.74, 6) is 1.32. The molecule has 0 aliphatic carbocycles. The van der Waals surface area contributed by atoms with Gasteiger partial charge in [0.25, 0.3) is 0 Å². The third-order valence-corrected chi connectivity index (χ3v) is 5.87. The normalized spacial score (nSPS) is 27.0. The van der Waals surface area contributed by atoms with Crippen LogP contribution in [0.4, 0.5) is 0 Å². The number of hydrogen-bond donors (Lipinski definition) is 2. The van der Waals surface area contributed by atoms with Crippen LogP contribution in [0.25, 0.3) is 16.5 Å². The lowest BCUT2D eigenvalue weighted by atomic mass is 9.77. The Bertz CT molecular complexity index is 833. The van der Waals surface area contributed by atoms with E-state index in [0.717, 1.165) is 36.2 Å². The van der Waals surface area contributed by atoms with Gasteiger partial charge < -0.3 is 14.9 Å². The molecule has 3 atom stereocenters. The minimum Gasteiger partial charge on any atom is -0.491 e. The fourth-order valence-corrected chi connectivity index (χ4v) is 4.47. The van der Waals surface area contributed by atoms with E-state index in [1.165, 1.54) is 23.1 Å². The van der Waals surface area contributed by atoms with Gasteiger partial charge in [0.2, 0.25) is 0 Å². The predicted molar refractivity (Wildman–Crippen MR) is 102 cm³/mol. The van der Waals surface area contributed by atoms with Gasteiger partial charge in [-0.25, -0.2) is 0 Å². The predicted octanol–water partition coefficient (Wildman–Crippen LogP) is 2.47. The summed E-state index contributed by atoms with van der Waals surface area (Å²) < 4.78 is 5.59. The highest BCUT2D eigenvalue weighted by atomic mass is 16.5. The molecule has 2 aromatic rings. The minimum atomic E-state index is 0.00452. The number of pyridine rings is 1. The van der Waals surface area contributed by atoms with Crippen molar-refractivity contribution in [1.29, 1.82) is 0 Å². The second-order valence-electron chi connectivity index (χ2n) is 7.29. The Hall–Kier alpha value is -1.95. The van der Waals surface area contributed by atoms with Crippen LogP contribution in [0.1, 0.15) is 25.3 Å². The van der Waals surface area contributed by atoms with E-state index in [2.05, 4.69) is 22.9 Å². The van der Waals surface area contributed by atoms with Crippen LogP contribution in [0.2, 0.25) is 0 Å². The summed E-state index contributed by atoms with van der Waals surface area (Å²) >= 11 is 0. The van der Waals surface area contributed by atoms with Gasteiger partial charge in [0.05, 0.1) is 18.7 Å². The molecule has 5 rings (SSSR count). The van der Waals surface area contributed by atoms with Crippen molar-refractivity contribution in [2.24, 2.45) is 5.92 Å². The second-order valence-corrected chi connectivity index (χ2v) is 7.29. The smallest absolute Gasteiger partial charge is 0.120 e. The highest BCUT2D eigenvalue weighted by molar-refractivity contribution is 5.92. The molecule has 138 valence electrons. The molecule has 2 N–H and O–H groups in total. The average Bonchev–Trinajstić information content (AvgIpc) is 2.71. The number of rotatable bonds is 5. The van der Waals surface area contributed by atoms with Crippen LogP contribution < -0.4 is 4.74 Å². The molecule has 1 aromatic heterocycles. The fraction of sp³-hybridized carbons (Fsp3) is 0.476. The van der Waals surface area contributed by atoms with Gasteiger partial charge in [-0.1, -0.05) is 0 Å². The van der Waals surface area contributed by atoms with E-state index in [4.69, 9.17) is 9.84 Å². The lowest BCUT2D eigenvalue weighted by Gasteiger charge is -2.47. The monoisotopic (exact) mass is 354 g/mol. The standard InChI is InChI=1S/C21H26N2O3/c1-14(20-12-23-7-5-15(20)10-16(23)13-25)18-4-6-22-21-3-2-17(11-19(18)21)26-9-8-24/h2-4,6,11,15-16,24-25H,5,7-10,12-13H2,1H3/b20-14+. The van der Waals surface area contributed by atoms with E-state index in [0.29, 0.717) is 18.6 Å². The number of piperidine rings is 3. The van der Waals surface area contributed by atoms with Crippen molar-refractivity contribution in [3.05, 3.63) is 41.6 Å². The molecule has 3 aliphatic heterocycles. The molecule has 0 saturated carbocycles. The number of benzene rings is 1. The number of hydrogen-bond acceptors (Lipinski definition) is 5. The van der Waals surface area contributed by atoms with Gasteiger partial charge in [0, 0.05) is 24.2 Å². The average molecular weight is 354 g/mol. The summed E-state index contributed by atoms with van der Waals surface area (Å²) in [6.45, 7) is 4.80. The summed E-state index contributed by atoms with van der Waals surface area (Å²) in [7, 11) is 0. The van der Waals surface area contributed by atoms with Crippen LogP contribution >= 0.6 is 0 Å². The summed E-state index contributed by atoms with van der Waals surface area (Å²) in [4.78, 5) is 6.91. The Labute approximate surface area is 153 Å². The molecule has 3 saturated heterocycles. The van der Waals surface area contributed by atoms with Crippen molar-refractivity contribution >= 4 is 16.5 Å². The van der Waals surface area contributed by atoms with Gasteiger partial charge in [-0.3, -0.25) is 9.88 Å². The number of aromatic nitrogens is 1. The number of aliphatic hydroxyl groups is 2. The number of allylic oxidation sites excluding steroid dienone is 1. The zero-order valence-electron chi connectivity index (χ0n) is 15.2. The number of aliphatic hydroxyl groups excluding tert-OH is 2. The third kappa shape index (κ3) is 3.11. The van der Waals surface area contributed by atoms with E-state index >= 15 is 0 Å². The lowest BCUT2D eigenvalue weighted by molar-refractivity contribution is 0.0500. The zero-order chi connectivity index (χ0) is 18.1. The second kappa shape index (κ2) is 7.35. The van der Waals surface area contributed by atoms with Gasteiger partial charge in [-0.05, 0) is 73.2 Å². The summed E-state index contributed by atoms with van der Waals surface area (Å²) in [6, 6.07) is 8.30. The van der Waals surface area contributed by atoms with Crippen LogP contribution in [0.3, 0.4) is 0 Å². The molecule has 5 nitrogen and oxygen atoms in total. The summed E-state index contributed by atoms with van der Waals surface area (Å²) in [5, 5.41) is 19.7. The molecule has 1 aromatic carbocycles. The van der Waals surface area contributed by atoms with Crippen molar-refractivity contribution in [3.63, 3.8) is 0 Å². The molecule has 0 spiro atoms. The van der Waals surface area contributed by atoms with Crippen LogP contribution in [0.15, 0.2) is 36.0 Å². The first-order chi connectivity index (χ1) is 12.7. The van der Waals surface area contributed by atoms with Crippen molar-refractivity contribution in [3.8, 4) is 5.75 Å². The van der Waals surface area contributed by atoms with Crippen molar-refractivity contribution in [1.82, 2.24) is 9.88 Å². The first-order valence-corrected chi connectivity index (χ1v) is 9.38. The molecule has 3 unspecified atom stereocenters. The molecule has 3 aliphatic rings. The largest absolute Gasteiger partial charge is 0.491 e. The number of fused-ring (bicyclic) bond motifs is 4. The quantitative estimate of drug-likeness (QED) is 0.863. The molecule has 5 heteroatoms. The molecule has 3 fully saturated rings. The topological polar surface area (TPSA) is 65.8 Å². The minimum absolute atomic E-state index is 0.00452. The maximum atomic E-state index is 9.60. The van der Waals surface area contributed by atoms with Crippen LogP contribution in [0.5, 0.6) is 5.75 Å². The maximum absolute atomic E-state index is 9.60. The van der Waals surface area contributed by atoms with Gasteiger partial charge >= 0.3 is 0 Å². The molecule has 2 bridgehead atoms. The highest BCUT2D eigenvalue weighted by Crippen LogP contribution is 2.40. The molecule has 0 radical (unpaired) electrons. The van der Waals surface area contributed by atoms with E-state index < -0.39 is 0 Å². The Morgan fingerprint density at radius 2 is 2.19 bits per heavy atom. The Morgan fingerprint density at radius 3 is 2.92 bits per heavy atom. The summed E-state index contributed by atoms with van der Waals surface area (Å²) in [6.07, 6.45) is 4.10. The van der Waals surface area contributed by atoms with Crippen molar-refractivity contribution < 1.29 is 14.9 Å². The fourth-order valence-electron chi connectivity index (χ4n) is 4.47. The van der Waals surface area contributed by atoms with Crippen LogP contribution in [0, 0.1) is 5.92 Å². The number of ether oxygens (including phenoxy) is 1. The Morgan fingerprint density at radius 1 is 1.31 bits per heavy atom. The van der Waals surface area contributed by atoms with Crippen molar-refractivity contribution in [2.45, 2.75) is 25.8 Å². The molecular formula is C21H26N2O3. The molecular weight excluding hydrogens is 328 g/mol. The molecule has 26 heavy (non-hydrogen) atoms. The zero-order valence-corrected chi connectivity index (χ0v) is 15.2. The third-order valence-electron chi connectivity index (χ3n) is 5.87. The van der Waals surface area contributed by atoms with Gasteiger partial charge in [0.1, 0.15) is 12.4 Å². The summed E-state index contributed by atoms with van der Waals surface area (Å²) in [5.41, 5.74) is 4.97. The van der Waals surface area contributed by atoms with E-state index in [9.17, 15) is 5.11 Å². The molecule has 0 amide bonds. The van der Waals surface area contributed by atoms with Crippen LogP contribution in [-0.4, -0.2) is 59.0 Å². The van der Waals surface area contributed by atoms with Crippen LogP contribution in [-0.2, 0) is 0 Å². The van der Waals surface area contributed by atoms with E-state index in [1.807, 2.05) is 24.4 Å². The lowest BCUT2D eigenvalue weighted by Crippen LogP contribution is -2.51. The number of nitrogens with zero attached hydrogens (tertiary/aromatic N) is 2.